The minimum Gasteiger partial charge on any atom is -0.379 e. The van der Waals surface area contributed by atoms with Crippen LogP contribution in [0.4, 0.5) is 5.69 Å². The molecule has 0 unspecified atom stereocenters. The van der Waals surface area contributed by atoms with E-state index in [0.29, 0.717) is 10.2 Å². The number of benzene rings is 2. The Morgan fingerprint density at radius 2 is 1.73 bits per heavy atom. The first-order valence-corrected chi connectivity index (χ1v) is 9.04. The molecule has 0 radical (unpaired) electrons. The monoisotopic (exact) mass is 447 g/mol. The highest BCUT2D eigenvalue weighted by Gasteiger charge is 2.20. The molecule has 22 heavy (non-hydrogen) atoms. The molecule has 0 saturated carbocycles. The molecule has 0 aliphatic rings. The topological polar surface area (TPSA) is 72.5 Å². The fourth-order valence-corrected chi connectivity index (χ4v) is 4.28. The average Bonchev–Trinajstić information content (AvgIpc) is 2.39. The number of amides is 1. The molecule has 0 aliphatic heterocycles. The Hall–Kier alpha value is -1.38. The Morgan fingerprint density at radius 3 is 2.27 bits per heavy atom. The maximum Gasteiger partial charge on any atom is 0.340 e. The standard InChI is InChI=1S/C14H11Br2NO4S/c1-9(18)17-11-3-5-12(6-4-11)21-22(19,20)14-7-2-10(15)8-13(14)16/h2-8H,1H3,(H,17,18). The van der Waals surface area contributed by atoms with Crippen LogP contribution in [0.5, 0.6) is 5.75 Å². The number of rotatable bonds is 4. The lowest BCUT2D eigenvalue weighted by atomic mass is 10.3. The van der Waals surface area contributed by atoms with Crippen molar-refractivity contribution in [2.45, 2.75) is 11.8 Å². The van der Waals surface area contributed by atoms with Crippen molar-refractivity contribution in [3.05, 3.63) is 51.4 Å². The molecule has 0 bridgehead atoms. The van der Waals surface area contributed by atoms with E-state index in [2.05, 4.69) is 37.2 Å². The Bertz CT molecular complexity index is 804. The first kappa shape index (κ1) is 17.0. The van der Waals surface area contributed by atoms with E-state index in [-0.39, 0.29) is 16.6 Å². The van der Waals surface area contributed by atoms with E-state index in [1.165, 1.54) is 25.1 Å². The van der Waals surface area contributed by atoms with Crippen LogP contribution in [-0.4, -0.2) is 14.3 Å². The lowest BCUT2D eigenvalue weighted by molar-refractivity contribution is -0.114. The zero-order valence-electron chi connectivity index (χ0n) is 11.3. The van der Waals surface area contributed by atoms with Crippen molar-refractivity contribution in [1.82, 2.24) is 0 Å². The van der Waals surface area contributed by atoms with Crippen molar-refractivity contribution in [3.8, 4) is 5.75 Å². The van der Waals surface area contributed by atoms with Crippen LogP contribution in [0, 0.1) is 0 Å². The number of halogens is 2. The molecular formula is C14H11Br2NO4S. The van der Waals surface area contributed by atoms with Gasteiger partial charge < -0.3 is 9.50 Å². The molecule has 5 nitrogen and oxygen atoms in total. The summed E-state index contributed by atoms with van der Waals surface area (Å²) in [5, 5.41) is 2.59. The second-order valence-corrected chi connectivity index (χ2v) is 7.60. The number of carbonyl (C=O) groups is 1. The summed E-state index contributed by atoms with van der Waals surface area (Å²) in [7, 11) is -3.95. The smallest absolute Gasteiger partial charge is 0.340 e. The van der Waals surface area contributed by atoms with Gasteiger partial charge in [-0.3, -0.25) is 4.79 Å². The van der Waals surface area contributed by atoms with Crippen LogP contribution < -0.4 is 9.50 Å². The van der Waals surface area contributed by atoms with Gasteiger partial charge in [-0.15, -0.1) is 0 Å². The summed E-state index contributed by atoms with van der Waals surface area (Å²) in [5.74, 6) is -0.0518. The predicted octanol–water partition coefficient (Wildman–Crippen LogP) is 3.94. The molecule has 1 N–H and O–H groups in total. The third kappa shape index (κ3) is 4.31. The normalized spacial score (nSPS) is 11.0. The van der Waals surface area contributed by atoms with Crippen LogP contribution in [0.25, 0.3) is 0 Å². The van der Waals surface area contributed by atoms with Gasteiger partial charge in [0, 0.05) is 21.6 Å². The number of nitrogens with one attached hydrogen (secondary N) is 1. The zero-order valence-corrected chi connectivity index (χ0v) is 15.3. The van der Waals surface area contributed by atoms with E-state index in [1.54, 1.807) is 24.3 Å². The molecule has 2 aromatic carbocycles. The summed E-state index contributed by atoms with van der Waals surface area (Å²) in [4.78, 5) is 11.0. The third-order valence-electron chi connectivity index (χ3n) is 2.54. The molecule has 1 amide bonds. The van der Waals surface area contributed by atoms with E-state index in [9.17, 15) is 13.2 Å². The van der Waals surface area contributed by atoms with Crippen LogP contribution in [0.3, 0.4) is 0 Å². The van der Waals surface area contributed by atoms with Gasteiger partial charge in [0.25, 0.3) is 0 Å². The van der Waals surface area contributed by atoms with Gasteiger partial charge in [-0.25, -0.2) is 0 Å². The molecule has 2 aromatic rings. The summed E-state index contributed by atoms with van der Waals surface area (Å²) in [5.41, 5.74) is 0.557. The second-order valence-electron chi connectivity index (χ2n) is 4.32. The van der Waals surface area contributed by atoms with Crippen LogP contribution in [0.1, 0.15) is 6.92 Å². The van der Waals surface area contributed by atoms with Crippen molar-refractivity contribution in [2.24, 2.45) is 0 Å². The Balaban J connectivity index is 2.23. The lowest BCUT2D eigenvalue weighted by Crippen LogP contribution is -2.10. The lowest BCUT2D eigenvalue weighted by Gasteiger charge is -2.09. The van der Waals surface area contributed by atoms with E-state index >= 15 is 0 Å². The quantitative estimate of drug-likeness (QED) is 0.719. The van der Waals surface area contributed by atoms with Gasteiger partial charge in [-0.2, -0.15) is 8.42 Å². The van der Waals surface area contributed by atoms with Gasteiger partial charge in [0.15, 0.2) is 0 Å². The number of anilines is 1. The van der Waals surface area contributed by atoms with Crippen molar-refractivity contribution >= 4 is 53.6 Å². The van der Waals surface area contributed by atoms with Gasteiger partial charge in [0.1, 0.15) is 10.6 Å². The number of hydrogen-bond acceptors (Lipinski definition) is 4. The molecule has 0 saturated heterocycles. The van der Waals surface area contributed by atoms with Crippen LogP contribution >= 0.6 is 31.9 Å². The van der Waals surface area contributed by atoms with E-state index in [0.717, 1.165) is 4.47 Å². The van der Waals surface area contributed by atoms with Crippen molar-refractivity contribution in [2.75, 3.05) is 5.32 Å². The first-order chi connectivity index (χ1) is 10.3. The zero-order chi connectivity index (χ0) is 16.3. The van der Waals surface area contributed by atoms with E-state index in [1.807, 2.05) is 0 Å². The summed E-state index contributed by atoms with van der Waals surface area (Å²) in [6.45, 7) is 1.39. The fraction of sp³-hybridized carbons (Fsp3) is 0.0714. The maximum absolute atomic E-state index is 12.3. The Morgan fingerprint density at radius 1 is 1.09 bits per heavy atom. The maximum atomic E-state index is 12.3. The SMILES string of the molecule is CC(=O)Nc1ccc(OS(=O)(=O)c2ccc(Br)cc2Br)cc1. The number of hydrogen-bond donors (Lipinski definition) is 1. The van der Waals surface area contributed by atoms with Crippen molar-refractivity contribution in [3.63, 3.8) is 0 Å². The molecule has 2 rings (SSSR count). The highest BCUT2D eigenvalue weighted by molar-refractivity contribution is 9.11. The van der Waals surface area contributed by atoms with E-state index in [4.69, 9.17) is 4.18 Å². The highest BCUT2D eigenvalue weighted by atomic mass is 79.9. The molecule has 0 atom stereocenters. The third-order valence-corrected chi connectivity index (χ3v) is 5.26. The van der Waals surface area contributed by atoms with E-state index < -0.39 is 10.1 Å². The molecule has 0 heterocycles. The van der Waals surface area contributed by atoms with Crippen LogP contribution in [0.2, 0.25) is 0 Å². The Kier molecular flexibility index (Phi) is 5.25. The van der Waals surface area contributed by atoms with Gasteiger partial charge in [-0.05, 0) is 58.4 Å². The molecule has 116 valence electrons. The first-order valence-electron chi connectivity index (χ1n) is 6.05. The highest BCUT2D eigenvalue weighted by Crippen LogP contribution is 2.28. The molecule has 0 aromatic heterocycles. The summed E-state index contributed by atoms with van der Waals surface area (Å²) < 4.78 is 30.7. The molecular weight excluding hydrogens is 438 g/mol. The minimum absolute atomic E-state index is 0.0293. The molecule has 0 spiro atoms. The summed E-state index contributed by atoms with van der Waals surface area (Å²) >= 11 is 6.46. The summed E-state index contributed by atoms with van der Waals surface area (Å²) in [6, 6.07) is 10.7. The Labute approximate surface area is 145 Å². The fourth-order valence-electron chi connectivity index (χ4n) is 1.65. The van der Waals surface area contributed by atoms with Crippen molar-refractivity contribution < 1.29 is 17.4 Å². The van der Waals surface area contributed by atoms with Gasteiger partial charge in [0.2, 0.25) is 5.91 Å². The molecule has 0 aliphatic carbocycles. The minimum atomic E-state index is -3.95. The van der Waals surface area contributed by atoms with Gasteiger partial charge in [0.05, 0.1) is 0 Å². The van der Waals surface area contributed by atoms with Gasteiger partial charge in [-0.1, -0.05) is 15.9 Å². The average molecular weight is 449 g/mol. The molecule has 8 heteroatoms. The largest absolute Gasteiger partial charge is 0.379 e. The van der Waals surface area contributed by atoms with Crippen molar-refractivity contribution in [1.29, 1.82) is 0 Å². The number of carbonyl (C=O) groups excluding carboxylic acids is 1. The predicted molar refractivity (Wildman–Crippen MR) is 90.4 cm³/mol. The van der Waals surface area contributed by atoms with Crippen LogP contribution in [-0.2, 0) is 14.9 Å². The van der Waals surface area contributed by atoms with Crippen LogP contribution in [0.15, 0.2) is 56.3 Å². The summed E-state index contributed by atoms with van der Waals surface area (Å²) in [6.07, 6.45) is 0. The molecule has 0 fully saturated rings. The van der Waals surface area contributed by atoms with Gasteiger partial charge >= 0.3 is 10.1 Å². The second kappa shape index (κ2) is 6.80.